The molecule has 1 amide bonds. The molecule has 1 heterocycles. The Balaban J connectivity index is 1.43. The van der Waals surface area contributed by atoms with E-state index < -0.39 is 11.7 Å². The van der Waals surface area contributed by atoms with Crippen LogP contribution in [0.3, 0.4) is 0 Å². The summed E-state index contributed by atoms with van der Waals surface area (Å²) in [5.41, 5.74) is 1.28. The van der Waals surface area contributed by atoms with Crippen LogP contribution < -0.4 is 5.32 Å². The van der Waals surface area contributed by atoms with Gasteiger partial charge in [0.05, 0.1) is 5.56 Å². The smallest absolute Gasteiger partial charge is 0.349 e. The van der Waals surface area contributed by atoms with Gasteiger partial charge in [0.2, 0.25) is 0 Å². The number of hydrogen-bond donors (Lipinski definition) is 1. The Kier molecular flexibility index (Phi) is 5.15. The molecular formula is C22H20ClF3N2O. The quantitative estimate of drug-likeness (QED) is 0.683. The van der Waals surface area contributed by atoms with Crippen molar-refractivity contribution in [1.82, 2.24) is 10.3 Å². The molecule has 1 unspecified atom stereocenters. The number of hydrogen-bond acceptors (Lipinski definition) is 2. The van der Waals surface area contributed by atoms with Gasteiger partial charge in [0.25, 0.3) is 5.91 Å². The molecule has 0 radical (unpaired) electrons. The lowest BCUT2D eigenvalue weighted by atomic mass is 9.97. The van der Waals surface area contributed by atoms with Crippen molar-refractivity contribution in [3.8, 4) is 0 Å². The molecule has 0 spiro atoms. The third kappa shape index (κ3) is 4.04. The van der Waals surface area contributed by atoms with E-state index in [1.54, 1.807) is 24.3 Å². The Labute approximate surface area is 172 Å². The van der Waals surface area contributed by atoms with Gasteiger partial charge in [-0.3, -0.25) is 9.78 Å². The first-order chi connectivity index (χ1) is 13.8. The van der Waals surface area contributed by atoms with Crippen molar-refractivity contribution in [3.63, 3.8) is 0 Å². The van der Waals surface area contributed by atoms with Crippen LogP contribution in [-0.4, -0.2) is 16.9 Å². The van der Waals surface area contributed by atoms with Crippen molar-refractivity contribution in [3.05, 3.63) is 70.5 Å². The van der Waals surface area contributed by atoms with Crippen LogP contribution in [0.25, 0.3) is 5.57 Å². The molecule has 2 aliphatic rings. The lowest BCUT2D eigenvalue weighted by Crippen LogP contribution is -2.37. The highest BCUT2D eigenvalue weighted by atomic mass is 35.5. The molecule has 0 aliphatic heterocycles. The fourth-order valence-corrected chi connectivity index (χ4v) is 4.49. The van der Waals surface area contributed by atoms with Crippen LogP contribution in [0.15, 0.2) is 48.8 Å². The Morgan fingerprint density at radius 3 is 2.59 bits per heavy atom. The maximum Gasteiger partial charge on any atom is 0.417 e. The first kappa shape index (κ1) is 20.0. The third-order valence-corrected chi connectivity index (χ3v) is 6.16. The first-order valence-corrected chi connectivity index (χ1v) is 9.95. The van der Waals surface area contributed by atoms with Crippen molar-refractivity contribution < 1.29 is 18.0 Å². The maximum absolute atomic E-state index is 12.9. The summed E-state index contributed by atoms with van der Waals surface area (Å²) in [4.78, 5) is 16.3. The Hall–Kier alpha value is -2.34. The second kappa shape index (κ2) is 7.48. The van der Waals surface area contributed by atoms with Crippen molar-refractivity contribution in [2.24, 2.45) is 17.8 Å². The summed E-state index contributed by atoms with van der Waals surface area (Å²) >= 11 is 5.87. The van der Waals surface area contributed by atoms with E-state index in [2.05, 4.69) is 16.4 Å². The molecule has 1 saturated carbocycles. The molecule has 0 saturated heterocycles. The van der Waals surface area contributed by atoms with Crippen LogP contribution in [0, 0.1) is 17.8 Å². The number of rotatable bonds is 5. The fraction of sp³-hybridized carbons (Fsp3) is 0.364. The van der Waals surface area contributed by atoms with Crippen LogP contribution in [0.2, 0.25) is 5.02 Å². The van der Waals surface area contributed by atoms with E-state index in [9.17, 15) is 18.0 Å². The molecule has 2 aromatic rings. The number of aromatic nitrogens is 1. The van der Waals surface area contributed by atoms with Crippen molar-refractivity contribution >= 4 is 23.1 Å². The third-order valence-electron chi connectivity index (χ3n) is 5.91. The molecule has 1 aromatic carbocycles. The monoisotopic (exact) mass is 420 g/mol. The van der Waals surface area contributed by atoms with E-state index in [1.165, 1.54) is 6.20 Å². The number of fused-ring (bicyclic) bond motifs is 1. The normalized spacial score (nSPS) is 23.9. The molecule has 1 fully saturated rings. The minimum absolute atomic E-state index is 0.0330. The van der Waals surface area contributed by atoms with E-state index in [1.807, 2.05) is 6.92 Å². The average molecular weight is 421 g/mol. The molecular weight excluding hydrogens is 401 g/mol. The topological polar surface area (TPSA) is 42.0 Å². The summed E-state index contributed by atoms with van der Waals surface area (Å²) in [5.74, 6) is 0.827. The van der Waals surface area contributed by atoms with E-state index in [0.717, 1.165) is 24.3 Å². The van der Waals surface area contributed by atoms with Gasteiger partial charge in [-0.25, -0.2) is 0 Å². The van der Waals surface area contributed by atoms with Crippen LogP contribution >= 0.6 is 11.6 Å². The Morgan fingerprint density at radius 1 is 1.28 bits per heavy atom. The van der Waals surface area contributed by atoms with Crippen LogP contribution in [0.1, 0.15) is 41.3 Å². The molecule has 2 aliphatic carbocycles. The number of halogens is 4. The summed E-state index contributed by atoms with van der Waals surface area (Å²) in [7, 11) is 0. The number of carbonyl (C=O) groups excluding carboxylic acids is 1. The summed E-state index contributed by atoms with van der Waals surface area (Å²) in [6.45, 7) is 2.03. The maximum atomic E-state index is 12.9. The molecule has 152 valence electrons. The highest BCUT2D eigenvalue weighted by Gasteiger charge is 2.55. The number of benzene rings is 1. The lowest BCUT2D eigenvalue weighted by molar-refractivity contribution is -0.137. The first-order valence-electron chi connectivity index (χ1n) is 9.57. The van der Waals surface area contributed by atoms with E-state index >= 15 is 0 Å². The van der Waals surface area contributed by atoms with Gasteiger partial charge in [0.1, 0.15) is 0 Å². The second-order valence-corrected chi connectivity index (χ2v) is 8.11. The molecule has 3 nitrogen and oxygen atoms in total. The zero-order valence-corrected chi connectivity index (χ0v) is 16.5. The van der Waals surface area contributed by atoms with Gasteiger partial charge in [-0.05, 0) is 72.1 Å². The standard InChI is InChI=1S/C22H20ClF3N2O/c1-2-19(28-21(29)12-3-5-16(23)6-4-12)20-17-8-13(9-18(17)20)14-7-15(11-27-10-14)22(24,25)26/h3-8,10-11,17-20H,2,9H2,1H3,(H,28,29)/t17-,18+,19?,20+/m0/s1. The minimum atomic E-state index is -4.40. The van der Waals surface area contributed by atoms with Crippen molar-refractivity contribution in [1.29, 1.82) is 0 Å². The highest BCUT2D eigenvalue weighted by molar-refractivity contribution is 6.30. The van der Waals surface area contributed by atoms with Gasteiger partial charge in [-0.1, -0.05) is 24.6 Å². The number of nitrogens with one attached hydrogen (secondary N) is 1. The zero-order chi connectivity index (χ0) is 20.8. The van der Waals surface area contributed by atoms with Crippen LogP contribution in [0.4, 0.5) is 13.2 Å². The Bertz CT molecular complexity index is 955. The number of amides is 1. The molecule has 4 rings (SSSR count). The van der Waals surface area contributed by atoms with Gasteiger partial charge in [0, 0.05) is 29.0 Å². The number of allylic oxidation sites excluding steroid dienone is 2. The minimum Gasteiger partial charge on any atom is -0.349 e. The van der Waals surface area contributed by atoms with Crippen molar-refractivity contribution in [2.75, 3.05) is 0 Å². The number of nitrogens with zero attached hydrogens (tertiary/aromatic N) is 1. The number of carbonyl (C=O) groups is 1. The fourth-order valence-electron chi connectivity index (χ4n) is 4.36. The second-order valence-electron chi connectivity index (χ2n) is 7.67. The van der Waals surface area contributed by atoms with Gasteiger partial charge >= 0.3 is 6.18 Å². The molecule has 4 atom stereocenters. The van der Waals surface area contributed by atoms with E-state index in [4.69, 9.17) is 11.6 Å². The summed E-state index contributed by atoms with van der Waals surface area (Å²) in [6.07, 6.45) is 1.51. The summed E-state index contributed by atoms with van der Waals surface area (Å²) in [6, 6.07) is 7.94. The highest BCUT2D eigenvalue weighted by Crippen LogP contribution is 2.60. The number of alkyl halides is 3. The van der Waals surface area contributed by atoms with Crippen LogP contribution in [-0.2, 0) is 6.18 Å². The van der Waals surface area contributed by atoms with Gasteiger partial charge < -0.3 is 5.32 Å². The molecule has 1 N–H and O–H groups in total. The van der Waals surface area contributed by atoms with Gasteiger partial charge in [0.15, 0.2) is 0 Å². The average Bonchev–Trinajstić information content (AvgIpc) is 3.17. The van der Waals surface area contributed by atoms with Crippen LogP contribution in [0.5, 0.6) is 0 Å². The predicted molar refractivity (Wildman–Crippen MR) is 105 cm³/mol. The molecule has 7 heteroatoms. The van der Waals surface area contributed by atoms with Gasteiger partial charge in [-0.2, -0.15) is 13.2 Å². The molecule has 1 aromatic heterocycles. The Morgan fingerprint density at radius 2 is 2.00 bits per heavy atom. The largest absolute Gasteiger partial charge is 0.417 e. The van der Waals surface area contributed by atoms with Gasteiger partial charge in [-0.15, -0.1) is 0 Å². The lowest BCUT2D eigenvalue weighted by Gasteiger charge is -2.19. The van der Waals surface area contributed by atoms with Crippen molar-refractivity contribution in [2.45, 2.75) is 32.0 Å². The molecule has 0 bridgehead atoms. The summed E-state index contributed by atoms with van der Waals surface area (Å²) in [5, 5.41) is 3.68. The predicted octanol–water partition coefficient (Wildman–Crippen LogP) is 5.61. The molecule has 29 heavy (non-hydrogen) atoms. The van der Waals surface area contributed by atoms with E-state index in [-0.39, 0.29) is 17.9 Å². The summed E-state index contributed by atoms with van der Waals surface area (Å²) < 4.78 is 38.8. The number of pyridine rings is 1. The SMILES string of the molecule is CCC(NC(=O)c1ccc(Cl)cc1)[C@@H]1[C@H]2C=C(c3cncc(C(F)(F)F)c3)C[C@H]21. The zero-order valence-electron chi connectivity index (χ0n) is 15.7. The van der Waals surface area contributed by atoms with E-state index in [0.29, 0.717) is 34.4 Å².